The minimum atomic E-state index is 0.443. The average molecular weight is 293 g/mol. The summed E-state index contributed by atoms with van der Waals surface area (Å²) >= 11 is 6.37. The fourth-order valence-electron chi connectivity index (χ4n) is 2.00. The Balaban J connectivity index is 2.23. The van der Waals surface area contributed by atoms with Crippen molar-refractivity contribution in [2.75, 3.05) is 0 Å². The van der Waals surface area contributed by atoms with E-state index in [9.17, 15) is 0 Å². The van der Waals surface area contributed by atoms with Crippen LogP contribution in [0.3, 0.4) is 0 Å². The zero-order valence-corrected chi connectivity index (χ0v) is 13.0. The van der Waals surface area contributed by atoms with Gasteiger partial charge in [-0.3, -0.25) is 4.57 Å². The van der Waals surface area contributed by atoms with E-state index >= 15 is 0 Å². The number of aromatic nitrogens is 3. The summed E-state index contributed by atoms with van der Waals surface area (Å²) in [5, 5.41) is 4.01. The summed E-state index contributed by atoms with van der Waals surface area (Å²) in [6, 6.07) is 2.41. The zero-order valence-electron chi connectivity index (χ0n) is 12.2. The van der Waals surface area contributed by atoms with Crippen molar-refractivity contribution in [2.45, 2.75) is 46.2 Å². The predicted octanol–water partition coefficient (Wildman–Crippen LogP) is 3.37. The molecule has 2 aromatic rings. The summed E-state index contributed by atoms with van der Waals surface area (Å²) in [6.45, 7) is 7.14. The van der Waals surface area contributed by atoms with Gasteiger partial charge in [-0.15, -0.1) is 0 Å². The highest BCUT2D eigenvalue weighted by Gasteiger charge is 2.10. The van der Waals surface area contributed by atoms with Crippen LogP contribution in [0.25, 0.3) is 5.82 Å². The van der Waals surface area contributed by atoms with E-state index in [1.807, 2.05) is 23.0 Å². The van der Waals surface area contributed by atoms with E-state index in [4.69, 9.17) is 11.6 Å². The van der Waals surface area contributed by atoms with Gasteiger partial charge in [0.15, 0.2) is 5.82 Å². The molecule has 20 heavy (non-hydrogen) atoms. The Hall–Kier alpha value is -1.39. The summed E-state index contributed by atoms with van der Waals surface area (Å²) in [6.07, 6.45) is 7.53. The van der Waals surface area contributed by atoms with Crippen LogP contribution in [0.1, 0.15) is 38.6 Å². The maximum absolute atomic E-state index is 6.37. The number of hydrogen-bond acceptors (Lipinski definition) is 3. The van der Waals surface area contributed by atoms with Gasteiger partial charge < -0.3 is 5.32 Å². The minimum Gasteiger partial charge on any atom is -0.310 e. The predicted molar refractivity (Wildman–Crippen MR) is 82.3 cm³/mol. The second-order valence-electron chi connectivity index (χ2n) is 5.15. The first-order valence-electron chi connectivity index (χ1n) is 7.02. The van der Waals surface area contributed by atoms with E-state index in [0.29, 0.717) is 11.1 Å². The van der Waals surface area contributed by atoms with Gasteiger partial charge in [0, 0.05) is 37.6 Å². The number of aryl methyl sites for hydroxylation is 1. The molecule has 0 saturated carbocycles. The Morgan fingerprint density at radius 1 is 1.35 bits per heavy atom. The van der Waals surface area contributed by atoms with Gasteiger partial charge in [0.2, 0.25) is 0 Å². The first-order chi connectivity index (χ1) is 9.61. The van der Waals surface area contributed by atoms with E-state index in [1.54, 1.807) is 6.20 Å². The number of imidazole rings is 1. The molecule has 0 aliphatic rings. The molecular formula is C15H21ClN4. The second kappa shape index (κ2) is 6.86. The van der Waals surface area contributed by atoms with Crippen molar-refractivity contribution in [1.82, 2.24) is 19.9 Å². The molecule has 0 radical (unpaired) electrons. The van der Waals surface area contributed by atoms with Crippen LogP contribution >= 0.6 is 11.6 Å². The first kappa shape index (κ1) is 15.0. The van der Waals surface area contributed by atoms with Crippen molar-refractivity contribution >= 4 is 11.6 Å². The van der Waals surface area contributed by atoms with Gasteiger partial charge in [-0.05, 0) is 18.1 Å². The molecule has 0 aliphatic heterocycles. The number of nitrogens with one attached hydrogen (secondary N) is 1. The Labute approximate surface area is 125 Å². The molecule has 4 nitrogen and oxygen atoms in total. The highest BCUT2D eigenvalue weighted by molar-refractivity contribution is 6.32. The monoisotopic (exact) mass is 292 g/mol. The molecule has 0 fully saturated rings. The molecule has 0 unspecified atom stereocenters. The molecule has 0 saturated heterocycles. The first-order valence-corrected chi connectivity index (χ1v) is 7.40. The molecule has 0 spiro atoms. The molecule has 2 aromatic heterocycles. The van der Waals surface area contributed by atoms with Crippen LogP contribution in [0.2, 0.25) is 5.02 Å². The van der Waals surface area contributed by atoms with Crippen LogP contribution in [-0.4, -0.2) is 20.6 Å². The number of rotatable bonds is 6. The van der Waals surface area contributed by atoms with E-state index < -0.39 is 0 Å². The van der Waals surface area contributed by atoms with Gasteiger partial charge >= 0.3 is 0 Å². The van der Waals surface area contributed by atoms with Crippen LogP contribution in [0.4, 0.5) is 0 Å². The molecule has 108 valence electrons. The summed E-state index contributed by atoms with van der Waals surface area (Å²) in [5.74, 6) is 1.75. The molecule has 1 N–H and O–H groups in total. The number of pyridine rings is 1. The summed E-state index contributed by atoms with van der Waals surface area (Å²) in [4.78, 5) is 8.85. The van der Waals surface area contributed by atoms with Crippen molar-refractivity contribution in [3.63, 3.8) is 0 Å². The maximum atomic E-state index is 6.37. The topological polar surface area (TPSA) is 42.7 Å². The average Bonchev–Trinajstić information content (AvgIpc) is 2.85. The van der Waals surface area contributed by atoms with Crippen LogP contribution in [0, 0.1) is 0 Å². The highest BCUT2D eigenvalue weighted by Crippen LogP contribution is 2.21. The fraction of sp³-hybridized carbons (Fsp3) is 0.467. The number of halogens is 1. The maximum Gasteiger partial charge on any atom is 0.156 e. The lowest BCUT2D eigenvalue weighted by molar-refractivity contribution is 0.588. The smallest absolute Gasteiger partial charge is 0.156 e. The molecule has 0 aromatic carbocycles. The van der Waals surface area contributed by atoms with Crippen molar-refractivity contribution in [3.05, 3.63) is 41.1 Å². The molecule has 0 bridgehead atoms. The van der Waals surface area contributed by atoms with Gasteiger partial charge in [-0.1, -0.05) is 32.4 Å². The van der Waals surface area contributed by atoms with Gasteiger partial charge in [0.1, 0.15) is 5.82 Å². The molecule has 0 amide bonds. The fourth-order valence-corrected chi connectivity index (χ4v) is 2.28. The van der Waals surface area contributed by atoms with Gasteiger partial charge in [-0.25, -0.2) is 9.97 Å². The summed E-state index contributed by atoms with van der Waals surface area (Å²) in [7, 11) is 0. The zero-order chi connectivity index (χ0) is 14.5. The SMILES string of the molecule is CCCc1nccn1-c1ncc(CNC(C)C)cc1Cl. The standard InChI is InChI=1S/C15H21ClN4/c1-4-5-14-17-6-7-20(14)15-13(16)8-12(10-19-15)9-18-11(2)3/h6-8,10-11,18H,4-5,9H2,1-3H3. The number of nitrogens with zero attached hydrogens (tertiary/aromatic N) is 3. The molecule has 2 rings (SSSR count). The van der Waals surface area contributed by atoms with Crippen LogP contribution in [-0.2, 0) is 13.0 Å². The van der Waals surface area contributed by atoms with Crippen LogP contribution in [0.15, 0.2) is 24.7 Å². The van der Waals surface area contributed by atoms with Crippen molar-refractivity contribution in [3.8, 4) is 5.82 Å². The highest BCUT2D eigenvalue weighted by atomic mass is 35.5. The summed E-state index contributed by atoms with van der Waals surface area (Å²) in [5.41, 5.74) is 1.09. The Bertz CT molecular complexity index is 563. The van der Waals surface area contributed by atoms with E-state index in [1.165, 1.54) is 0 Å². The van der Waals surface area contributed by atoms with Gasteiger partial charge in [-0.2, -0.15) is 0 Å². The van der Waals surface area contributed by atoms with E-state index in [-0.39, 0.29) is 0 Å². The van der Waals surface area contributed by atoms with Crippen molar-refractivity contribution < 1.29 is 0 Å². The Kier molecular flexibility index (Phi) is 5.15. The van der Waals surface area contributed by atoms with Gasteiger partial charge in [0.25, 0.3) is 0 Å². The third-order valence-corrected chi connectivity index (χ3v) is 3.29. The molecule has 0 atom stereocenters. The third-order valence-electron chi connectivity index (χ3n) is 3.01. The molecule has 0 aliphatic carbocycles. The third kappa shape index (κ3) is 3.58. The normalized spacial score (nSPS) is 11.2. The number of hydrogen-bond donors (Lipinski definition) is 1. The molecular weight excluding hydrogens is 272 g/mol. The minimum absolute atomic E-state index is 0.443. The summed E-state index contributed by atoms with van der Waals surface area (Å²) < 4.78 is 1.96. The van der Waals surface area contributed by atoms with Crippen LogP contribution in [0.5, 0.6) is 0 Å². The largest absolute Gasteiger partial charge is 0.310 e. The molecule has 5 heteroatoms. The lowest BCUT2D eigenvalue weighted by atomic mass is 10.2. The second-order valence-corrected chi connectivity index (χ2v) is 5.56. The molecule has 2 heterocycles. The lowest BCUT2D eigenvalue weighted by Crippen LogP contribution is -2.22. The van der Waals surface area contributed by atoms with E-state index in [2.05, 4.69) is 36.1 Å². The van der Waals surface area contributed by atoms with Gasteiger partial charge in [0.05, 0.1) is 5.02 Å². The van der Waals surface area contributed by atoms with Crippen molar-refractivity contribution in [2.24, 2.45) is 0 Å². The quantitative estimate of drug-likeness (QED) is 0.887. The Morgan fingerprint density at radius 3 is 2.80 bits per heavy atom. The van der Waals surface area contributed by atoms with E-state index in [0.717, 1.165) is 36.6 Å². The Morgan fingerprint density at radius 2 is 2.15 bits per heavy atom. The van der Waals surface area contributed by atoms with Crippen molar-refractivity contribution in [1.29, 1.82) is 0 Å². The van der Waals surface area contributed by atoms with Crippen LogP contribution < -0.4 is 5.32 Å². The lowest BCUT2D eigenvalue weighted by Gasteiger charge is -2.11.